The van der Waals surface area contributed by atoms with Crippen molar-refractivity contribution in [2.75, 3.05) is 0 Å². The third-order valence-corrected chi connectivity index (χ3v) is 3.63. The summed E-state index contributed by atoms with van der Waals surface area (Å²) in [5.74, 6) is 1.03. The number of aromatic nitrogens is 1. The van der Waals surface area contributed by atoms with E-state index < -0.39 is 0 Å². The minimum atomic E-state index is 0.690. The Labute approximate surface area is 83.7 Å². The van der Waals surface area contributed by atoms with Crippen LogP contribution in [0.1, 0.15) is 19.5 Å². The van der Waals surface area contributed by atoms with Crippen LogP contribution in [0.4, 0.5) is 0 Å². The van der Waals surface area contributed by atoms with E-state index in [-0.39, 0.29) is 0 Å². The van der Waals surface area contributed by atoms with E-state index in [1.165, 1.54) is 5.69 Å². The standard InChI is InChI=1S/C7H10BrNS2/c1-5(2)10-3-6-4-11-7(8)9-6/h4-5H,3H2,1-2H3. The van der Waals surface area contributed by atoms with E-state index in [0.717, 1.165) is 9.67 Å². The second kappa shape index (κ2) is 4.48. The SMILES string of the molecule is CC(C)SCc1csc(Br)n1. The molecule has 0 spiro atoms. The predicted molar refractivity (Wildman–Crippen MR) is 56.2 cm³/mol. The van der Waals surface area contributed by atoms with Gasteiger partial charge in [0.05, 0.1) is 5.69 Å². The lowest BCUT2D eigenvalue weighted by Gasteiger charge is -2.00. The Hall–Kier alpha value is 0.460. The maximum absolute atomic E-state index is 4.30. The monoisotopic (exact) mass is 251 g/mol. The Morgan fingerprint density at radius 1 is 1.73 bits per heavy atom. The van der Waals surface area contributed by atoms with Gasteiger partial charge in [0.2, 0.25) is 0 Å². The van der Waals surface area contributed by atoms with Crippen LogP contribution in [-0.4, -0.2) is 10.2 Å². The number of hydrogen-bond acceptors (Lipinski definition) is 3. The molecule has 0 aliphatic carbocycles. The highest BCUT2D eigenvalue weighted by atomic mass is 79.9. The highest BCUT2D eigenvalue weighted by Crippen LogP contribution is 2.21. The molecule has 4 heteroatoms. The molecule has 1 aromatic rings. The summed E-state index contributed by atoms with van der Waals surface area (Å²) in [5, 5.41) is 2.79. The topological polar surface area (TPSA) is 12.9 Å². The first-order chi connectivity index (χ1) is 5.18. The van der Waals surface area contributed by atoms with Crippen molar-refractivity contribution >= 4 is 39.0 Å². The lowest BCUT2D eigenvalue weighted by atomic mass is 10.6. The Morgan fingerprint density at radius 2 is 2.45 bits per heavy atom. The molecule has 1 aromatic heterocycles. The normalized spacial score (nSPS) is 10.9. The van der Waals surface area contributed by atoms with Gasteiger partial charge in [0, 0.05) is 11.1 Å². The molecule has 0 N–H and O–H groups in total. The predicted octanol–water partition coefficient (Wildman–Crippen LogP) is 3.55. The molecule has 0 atom stereocenters. The number of rotatable bonds is 3. The average Bonchev–Trinajstić information content (AvgIpc) is 2.31. The van der Waals surface area contributed by atoms with Gasteiger partial charge in [0.1, 0.15) is 0 Å². The summed E-state index contributed by atoms with van der Waals surface area (Å²) < 4.78 is 0.983. The highest BCUT2D eigenvalue weighted by molar-refractivity contribution is 9.11. The van der Waals surface area contributed by atoms with Gasteiger partial charge in [-0.05, 0) is 21.2 Å². The zero-order valence-corrected chi connectivity index (χ0v) is 9.72. The summed E-state index contributed by atoms with van der Waals surface area (Å²) in [7, 11) is 0. The Bertz CT molecular complexity index is 222. The quantitative estimate of drug-likeness (QED) is 0.816. The second-order valence-electron chi connectivity index (χ2n) is 2.45. The number of thioether (sulfide) groups is 1. The fourth-order valence-electron chi connectivity index (χ4n) is 0.601. The third kappa shape index (κ3) is 3.58. The number of hydrogen-bond donors (Lipinski definition) is 0. The molecule has 0 aromatic carbocycles. The molecule has 0 fully saturated rings. The van der Waals surface area contributed by atoms with Crippen LogP contribution in [0, 0.1) is 0 Å². The molecule has 0 saturated carbocycles. The van der Waals surface area contributed by atoms with Crippen LogP contribution in [0.2, 0.25) is 0 Å². The lowest BCUT2D eigenvalue weighted by molar-refractivity contribution is 1.10. The van der Waals surface area contributed by atoms with Gasteiger partial charge in [-0.3, -0.25) is 0 Å². The maximum Gasteiger partial charge on any atom is 0.159 e. The maximum atomic E-state index is 4.30. The van der Waals surface area contributed by atoms with E-state index in [1.807, 2.05) is 11.8 Å². The molecule has 0 unspecified atom stereocenters. The average molecular weight is 252 g/mol. The van der Waals surface area contributed by atoms with Gasteiger partial charge in [-0.25, -0.2) is 4.98 Å². The minimum absolute atomic E-state index is 0.690. The van der Waals surface area contributed by atoms with Crippen molar-refractivity contribution in [1.82, 2.24) is 4.98 Å². The van der Waals surface area contributed by atoms with Crippen LogP contribution in [0.25, 0.3) is 0 Å². The summed E-state index contributed by atoms with van der Waals surface area (Å²) in [5.41, 5.74) is 1.18. The fraction of sp³-hybridized carbons (Fsp3) is 0.571. The number of halogens is 1. The van der Waals surface area contributed by atoms with E-state index in [2.05, 4.69) is 40.1 Å². The first kappa shape index (κ1) is 9.55. The molecule has 0 bridgehead atoms. The van der Waals surface area contributed by atoms with E-state index in [1.54, 1.807) is 11.3 Å². The van der Waals surface area contributed by atoms with Gasteiger partial charge in [0.25, 0.3) is 0 Å². The van der Waals surface area contributed by atoms with Gasteiger partial charge in [-0.2, -0.15) is 11.8 Å². The molecule has 0 aliphatic heterocycles. The van der Waals surface area contributed by atoms with E-state index in [9.17, 15) is 0 Å². The molecule has 1 heterocycles. The molecule has 1 nitrogen and oxygen atoms in total. The van der Waals surface area contributed by atoms with Crippen LogP contribution < -0.4 is 0 Å². The summed E-state index contributed by atoms with van der Waals surface area (Å²) in [6, 6.07) is 0. The zero-order valence-electron chi connectivity index (χ0n) is 6.50. The van der Waals surface area contributed by atoms with Gasteiger partial charge < -0.3 is 0 Å². The van der Waals surface area contributed by atoms with E-state index >= 15 is 0 Å². The smallest absolute Gasteiger partial charge is 0.159 e. The molecular formula is C7H10BrNS2. The summed E-state index contributed by atoms with van der Waals surface area (Å²) in [6.07, 6.45) is 0. The molecule has 1 rings (SSSR count). The van der Waals surface area contributed by atoms with Crippen LogP contribution in [0.15, 0.2) is 9.30 Å². The van der Waals surface area contributed by atoms with E-state index in [0.29, 0.717) is 5.25 Å². The van der Waals surface area contributed by atoms with Gasteiger partial charge in [-0.15, -0.1) is 11.3 Å². The summed E-state index contributed by atoms with van der Waals surface area (Å²) in [6.45, 7) is 4.40. The fourth-order valence-corrected chi connectivity index (χ4v) is 2.41. The molecule has 0 aliphatic rings. The number of thiazole rings is 1. The molecular weight excluding hydrogens is 242 g/mol. The van der Waals surface area contributed by atoms with Crippen molar-refractivity contribution < 1.29 is 0 Å². The van der Waals surface area contributed by atoms with Gasteiger partial charge in [-0.1, -0.05) is 13.8 Å². The third-order valence-electron chi connectivity index (χ3n) is 1.09. The first-order valence-corrected chi connectivity index (χ1v) is 6.12. The summed E-state index contributed by atoms with van der Waals surface area (Å²) in [4.78, 5) is 4.30. The van der Waals surface area contributed by atoms with Crippen molar-refractivity contribution in [2.24, 2.45) is 0 Å². The molecule has 62 valence electrons. The van der Waals surface area contributed by atoms with Crippen molar-refractivity contribution in [3.63, 3.8) is 0 Å². The van der Waals surface area contributed by atoms with Crippen molar-refractivity contribution in [1.29, 1.82) is 0 Å². The lowest BCUT2D eigenvalue weighted by Crippen LogP contribution is -1.88. The van der Waals surface area contributed by atoms with E-state index in [4.69, 9.17) is 0 Å². The molecule has 0 radical (unpaired) electrons. The molecule has 0 saturated heterocycles. The minimum Gasteiger partial charge on any atom is -0.233 e. The van der Waals surface area contributed by atoms with Crippen LogP contribution in [0.5, 0.6) is 0 Å². The molecule has 0 amide bonds. The van der Waals surface area contributed by atoms with Gasteiger partial charge in [0.15, 0.2) is 3.92 Å². The zero-order chi connectivity index (χ0) is 8.27. The van der Waals surface area contributed by atoms with Crippen molar-refractivity contribution in [2.45, 2.75) is 24.9 Å². The van der Waals surface area contributed by atoms with Crippen LogP contribution in [-0.2, 0) is 5.75 Å². The Kier molecular flexibility index (Phi) is 3.89. The Balaban J connectivity index is 2.39. The van der Waals surface area contributed by atoms with Crippen LogP contribution >= 0.6 is 39.0 Å². The number of nitrogens with zero attached hydrogens (tertiary/aromatic N) is 1. The first-order valence-electron chi connectivity index (χ1n) is 3.40. The van der Waals surface area contributed by atoms with Crippen molar-refractivity contribution in [3.05, 3.63) is 15.0 Å². The molecule has 11 heavy (non-hydrogen) atoms. The van der Waals surface area contributed by atoms with Gasteiger partial charge >= 0.3 is 0 Å². The Morgan fingerprint density at radius 3 is 2.91 bits per heavy atom. The largest absolute Gasteiger partial charge is 0.233 e. The second-order valence-corrected chi connectivity index (χ2v) is 6.15. The van der Waals surface area contributed by atoms with Crippen LogP contribution in [0.3, 0.4) is 0 Å². The summed E-state index contributed by atoms with van der Waals surface area (Å²) >= 11 is 6.91. The van der Waals surface area contributed by atoms with Crippen molar-refractivity contribution in [3.8, 4) is 0 Å². The highest BCUT2D eigenvalue weighted by Gasteiger charge is 2.00.